The van der Waals surface area contributed by atoms with Crippen LogP contribution in [-0.2, 0) is 63.1 Å². The van der Waals surface area contributed by atoms with Gasteiger partial charge in [0.1, 0.15) is 30.0 Å². The number of hydrogen-bond donors (Lipinski definition) is 6. The lowest BCUT2D eigenvalue weighted by Gasteiger charge is -2.31. The Bertz CT molecular complexity index is 3280. The number of hydroxylamine groups is 2. The summed E-state index contributed by atoms with van der Waals surface area (Å²) in [5.74, 6) is 1.97. The summed E-state index contributed by atoms with van der Waals surface area (Å²) >= 11 is 0. The third kappa shape index (κ3) is 33.2. The molecule has 1 saturated carbocycles. The number of aromatic nitrogens is 2. The number of amides is 4. The van der Waals surface area contributed by atoms with Crippen LogP contribution in [0.2, 0.25) is 0 Å². The number of Topliss-reactive ketones (excluding diaryl/α,β-unsaturated/α-hetero) is 1. The van der Waals surface area contributed by atoms with Gasteiger partial charge in [0.2, 0.25) is 11.8 Å². The van der Waals surface area contributed by atoms with Crippen LogP contribution in [0.4, 0.5) is 5.69 Å². The first-order valence-corrected chi connectivity index (χ1v) is 40.0. The standard InChI is InChI=1S/C29H35N3O9.C16H25NO.C14H30S2.C9H14N2O11P2/c1-19(16-25(33)21-8-6-20(7-9-21)18-30-14-2-4-26(30)34)23-17-22(10-11-24(23)32(38)39)40-15-3-5-29(37)41-31-27(35)12-13-28(31)36;1-5-6-7-16(18)17-11-14-9-8-13(4)15(10-14)12(2)3;1-3-5-7-9-11-13-15-16-14-12-10-8-6-4-2;12-7-1-2-11(9(13)10-7)8-3-5(22-24(17,18)19)6(21-8)4-20-23(14,15)16/h2,4,10-11,17,19-21H,3,5-9,12-16,18H2,1H3;8-10,12H,5-7,11H2,1-4H3,(H,17,18);3-14H2,1-2H3;1-2,5-6,8H,3-4H2,(H,10,12,13)(H2,14,15,16)(H2,17,18,19)/t;;;5-,6-,8-/m...1/s1. The maximum absolute atomic E-state index is 13.1. The number of unbranched alkanes of at least 4 members (excludes halogenated alkanes) is 9. The quantitative estimate of drug-likeness (QED) is 0.00775. The van der Waals surface area contributed by atoms with E-state index < -0.39 is 80.6 Å². The third-order valence-corrected chi connectivity index (χ3v) is 20.5. The summed E-state index contributed by atoms with van der Waals surface area (Å²) < 4.78 is 42.5. The molecule has 4 heterocycles. The number of H-pyrrole nitrogens is 1. The second-order valence-electron chi connectivity index (χ2n) is 25.4. The maximum Gasteiger partial charge on any atom is 0.469 e. The minimum absolute atomic E-state index is 0.0168. The number of aromatic amines is 1. The van der Waals surface area contributed by atoms with Gasteiger partial charge in [0.15, 0.2) is 0 Å². The van der Waals surface area contributed by atoms with Crippen LogP contribution in [0.5, 0.6) is 5.75 Å². The van der Waals surface area contributed by atoms with E-state index in [4.69, 9.17) is 33.9 Å². The largest absolute Gasteiger partial charge is 0.494 e. The van der Waals surface area contributed by atoms with Gasteiger partial charge in [0.25, 0.3) is 23.1 Å². The fourth-order valence-electron chi connectivity index (χ4n) is 11.4. The van der Waals surface area contributed by atoms with Gasteiger partial charge in [-0.1, -0.05) is 145 Å². The van der Waals surface area contributed by atoms with Crippen molar-refractivity contribution in [3.05, 3.63) is 114 Å². The molecule has 0 radical (unpaired) electrons. The van der Waals surface area contributed by atoms with Gasteiger partial charge in [0, 0.05) is 99.1 Å². The number of ether oxygens (including phenoxy) is 2. The van der Waals surface area contributed by atoms with E-state index in [2.05, 4.69) is 95.7 Å². The molecule has 2 aromatic carbocycles. The van der Waals surface area contributed by atoms with Crippen LogP contribution in [0.1, 0.15) is 230 Å². The number of ketones is 1. The highest BCUT2D eigenvalue weighted by molar-refractivity contribution is 8.76. The predicted octanol–water partition coefficient (Wildman–Crippen LogP) is 12.3. The summed E-state index contributed by atoms with van der Waals surface area (Å²) in [5.41, 5.74) is 2.71. The minimum Gasteiger partial charge on any atom is -0.494 e. The van der Waals surface area contributed by atoms with Crippen LogP contribution >= 0.6 is 37.2 Å². The number of imide groups is 1. The molecule has 2 saturated heterocycles. The van der Waals surface area contributed by atoms with E-state index in [1.807, 2.05) is 16.0 Å². The van der Waals surface area contributed by atoms with Gasteiger partial charge in [-0.05, 0) is 105 Å². The summed E-state index contributed by atoms with van der Waals surface area (Å²) in [6, 6.07) is 11.9. The minimum atomic E-state index is -4.93. The number of nitro groups is 1. The smallest absolute Gasteiger partial charge is 0.469 e. The Morgan fingerprint density at radius 2 is 1.42 bits per heavy atom. The number of nitro benzene ring substituents is 1. The lowest BCUT2D eigenvalue weighted by Crippen LogP contribution is -2.34. The number of nitrogens with one attached hydrogen (secondary N) is 2. The summed E-state index contributed by atoms with van der Waals surface area (Å²) in [5, 5.41) is 15.2. The van der Waals surface area contributed by atoms with Crippen LogP contribution in [0.3, 0.4) is 0 Å². The van der Waals surface area contributed by atoms with Crippen molar-refractivity contribution in [1.82, 2.24) is 24.8 Å². The van der Waals surface area contributed by atoms with Gasteiger partial charge in [-0.15, -0.1) is 5.06 Å². The molecule has 1 unspecified atom stereocenters. The number of aryl methyl sites for hydroxylation is 1. The van der Waals surface area contributed by atoms with Gasteiger partial charge < -0.3 is 44.1 Å². The molecular weight excluding hydrogens is 1360 g/mol. The Morgan fingerprint density at radius 3 is 1.99 bits per heavy atom. The van der Waals surface area contributed by atoms with E-state index in [1.165, 1.54) is 105 Å². The zero-order valence-electron chi connectivity index (χ0n) is 58.3. The van der Waals surface area contributed by atoms with Gasteiger partial charge in [-0.2, -0.15) is 0 Å². The zero-order valence-corrected chi connectivity index (χ0v) is 61.7. The maximum atomic E-state index is 13.1. The molecule has 1 aliphatic carbocycles. The molecule has 99 heavy (non-hydrogen) atoms. The zero-order chi connectivity index (χ0) is 73.1. The Morgan fingerprint density at radius 1 is 0.788 bits per heavy atom. The van der Waals surface area contributed by atoms with Crippen LogP contribution < -0.4 is 21.3 Å². The van der Waals surface area contributed by atoms with Crippen molar-refractivity contribution in [3.8, 4) is 5.75 Å². The molecule has 3 aliphatic heterocycles. The molecule has 4 atom stereocenters. The molecule has 27 nitrogen and oxygen atoms in total. The Kier molecular flexibility index (Phi) is 39.1. The summed E-state index contributed by atoms with van der Waals surface area (Å²) in [4.78, 5) is 149. The van der Waals surface area contributed by atoms with Crippen molar-refractivity contribution in [3.63, 3.8) is 0 Å². The highest BCUT2D eigenvalue weighted by atomic mass is 33.1. The molecule has 4 amide bonds. The highest BCUT2D eigenvalue weighted by Crippen LogP contribution is 2.45. The second kappa shape index (κ2) is 45.2. The van der Waals surface area contributed by atoms with Gasteiger partial charge in [-0.3, -0.25) is 57.5 Å². The molecule has 6 N–H and O–H groups in total. The number of rotatable bonds is 38. The van der Waals surface area contributed by atoms with Crippen molar-refractivity contribution in [2.75, 3.05) is 37.8 Å². The van der Waals surface area contributed by atoms with Crippen molar-refractivity contribution < 1.29 is 85.8 Å². The van der Waals surface area contributed by atoms with Crippen LogP contribution in [0.15, 0.2) is 70.4 Å². The van der Waals surface area contributed by atoms with Crippen molar-refractivity contribution in [2.45, 2.75) is 233 Å². The summed E-state index contributed by atoms with van der Waals surface area (Å²) in [6.45, 7) is 16.4. The molecule has 554 valence electrons. The average Bonchev–Trinajstić information content (AvgIpc) is 1.79. The number of nitrogens with zero attached hydrogens (tertiary/aromatic N) is 4. The fourth-order valence-corrected chi connectivity index (χ4v) is 14.6. The first kappa shape index (κ1) is 85.6. The van der Waals surface area contributed by atoms with E-state index in [1.54, 1.807) is 19.1 Å². The van der Waals surface area contributed by atoms with Crippen LogP contribution in [0.25, 0.3) is 0 Å². The summed E-state index contributed by atoms with van der Waals surface area (Å²) in [7, 11) is -5.59. The number of carbonyl (C=O) groups is 6. The first-order chi connectivity index (χ1) is 47.0. The van der Waals surface area contributed by atoms with Gasteiger partial charge >= 0.3 is 27.3 Å². The Hall–Kier alpha value is -5.84. The molecule has 1 aromatic heterocycles. The van der Waals surface area contributed by atoms with Crippen molar-refractivity contribution in [1.29, 1.82) is 0 Å². The molecule has 4 aliphatic rings. The molecule has 3 aromatic rings. The first-order valence-electron chi connectivity index (χ1n) is 34.5. The van der Waals surface area contributed by atoms with Crippen molar-refractivity contribution in [2.24, 2.45) is 11.8 Å². The molecule has 7 rings (SSSR count). The van der Waals surface area contributed by atoms with Crippen molar-refractivity contribution >= 4 is 78.3 Å². The van der Waals surface area contributed by atoms with E-state index in [9.17, 15) is 57.6 Å². The molecule has 31 heteroatoms. The molecular formula is C68H104N6O21P2S2. The molecule has 0 bridgehead atoms. The van der Waals surface area contributed by atoms with E-state index in [0.29, 0.717) is 54.3 Å². The monoisotopic (exact) mass is 1470 g/mol. The number of benzene rings is 2. The molecule has 0 spiro atoms. The number of hydrogen-bond acceptors (Lipinski definition) is 19. The Balaban J connectivity index is 0.000000305. The SMILES string of the molecule is CC(CC(=O)C1CCC(CN2CC=CC2=O)CC1)c1cc(OCCCC(=O)ON2C(=O)CCC2=O)ccc1[N+](=O)[O-].CCCCC(=O)NCc1ccc(C)c(C(C)C)c1.CCCCCCCSSCCCCCCC.O=c1ccn([C@H]2C[C@@H](OP(=O)(O)O)[C@@H](COP(=O)(O)O)O2)c(=O)[nH]1. The van der Waals surface area contributed by atoms with Gasteiger partial charge in [-0.25, -0.2) is 18.7 Å². The van der Waals surface area contributed by atoms with E-state index >= 15 is 0 Å². The number of phosphoric ester groups is 2. The molecule has 3 fully saturated rings. The lowest BCUT2D eigenvalue weighted by molar-refractivity contribution is -0.385. The van der Waals surface area contributed by atoms with Crippen LogP contribution in [0, 0.1) is 28.9 Å². The Labute approximate surface area is 588 Å². The van der Waals surface area contributed by atoms with E-state index in [-0.39, 0.29) is 74.3 Å². The lowest BCUT2D eigenvalue weighted by atomic mass is 9.77. The predicted molar refractivity (Wildman–Crippen MR) is 378 cm³/mol. The third-order valence-electron chi connectivity index (χ3n) is 16.9. The van der Waals surface area contributed by atoms with Gasteiger partial charge in [0.05, 0.1) is 24.6 Å². The number of carbonyl (C=O) groups excluding carboxylic acids is 6. The van der Waals surface area contributed by atoms with Crippen LogP contribution in [-0.4, -0.2) is 129 Å². The normalized spacial score (nSPS) is 18.6. The summed E-state index contributed by atoms with van der Waals surface area (Å²) in [6.07, 6.45) is 21.1. The topological polar surface area (TPSA) is 380 Å². The van der Waals surface area contributed by atoms with E-state index in [0.717, 1.165) is 55.4 Å². The average molecular weight is 1470 g/mol. The second-order valence-corrected chi connectivity index (χ2v) is 30.5. The fraction of sp³-hybridized carbons (Fsp3) is 0.647. The highest BCUT2D eigenvalue weighted by Gasteiger charge is 2.42. The number of phosphoric acid groups is 2.